The first-order valence-electron chi connectivity index (χ1n) is 9.13. The zero-order chi connectivity index (χ0) is 19.2. The molecule has 0 aromatic heterocycles. The van der Waals surface area contributed by atoms with E-state index >= 15 is 0 Å². The second kappa shape index (κ2) is 9.00. The van der Waals surface area contributed by atoms with Crippen molar-refractivity contribution < 1.29 is 19.0 Å². The van der Waals surface area contributed by atoms with Crippen molar-refractivity contribution in [3.05, 3.63) is 53.1 Å². The van der Waals surface area contributed by atoms with Crippen LogP contribution >= 0.6 is 11.6 Å². The van der Waals surface area contributed by atoms with E-state index in [2.05, 4.69) is 0 Å². The molecule has 27 heavy (non-hydrogen) atoms. The number of hydrogen-bond donors (Lipinski definition) is 0. The number of amides is 1. The number of carbonyl (C=O) groups is 1. The van der Waals surface area contributed by atoms with Crippen LogP contribution in [-0.2, 0) is 0 Å². The zero-order valence-electron chi connectivity index (χ0n) is 15.6. The van der Waals surface area contributed by atoms with Gasteiger partial charge >= 0.3 is 0 Å². The fourth-order valence-corrected chi connectivity index (χ4v) is 3.35. The van der Waals surface area contributed by atoms with Crippen LogP contribution in [0.1, 0.15) is 30.1 Å². The second-order valence-electron chi connectivity index (χ2n) is 6.33. The third kappa shape index (κ3) is 4.66. The molecule has 144 valence electrons. The number of para-hydroxylation sites is 2. The predicted molar refractivity (Wildman–Crippen MR) is 105 cm³/mol. The Morgan fingerprint density at radius 3 is 2.48 bits per heavy atom. The predicted octanol–water partition coefficient (Wildman–Crippen LogP) is 4.43. The molecule has 0 bridgehead atoms. The molecule has 1 fully saturated rings. The van der Waals surface area contributed by atoms with Crippen LogP contribution in [0.3, 0.4) is 0 Å². The molecule has 0 unspecified atom stereocenters. The molecule has 1 aliphatic heterocycles. The van der Waals surface area contributed by atoms with Gasteiger partial charge in [0, 0.05) is 31.0 Å². The molecule has 2 aromatic rings. The lowest BCUT2D eigenvalue weighted by Crippen LogP contribution is -2.41. The van der Waals surface area contributed by atoms with E-state index in [1.807, 2.05) is 36.1 Å². The molecule has 6 heteroatoms. The van der Waals surface area contributed by atoms with Gasteiger partial charge in [-0.25, -0.2) is 0 Å². The number of methoxy groups -OCH3 is 1. The zero-order valence-corrected chi connectivity index (χ0v) is 16.4. The minimum absolute atomic E-state index is 0.0447. The van der Waals surface area contributed by atoms with Gasteiger partial charge in [0.05, 0.1) is 19.3 Å². The van der Waals surface area contributed by atoms with Crippen molar-refractivity contribution in [2.75, 3.05) is 26.8 Å². The molecule has 5 nitrogen and oxygen atoms in total. The third-order valence-corrected chi connectivity index (χ3v) is 4.80. The fraction of sp³-hybridized carbons (Fsp3) is 0.381. The highest BCUT2D eigenvalue weighted by Gasteiger charge is 2.27. The smallest absolute Gasteiger partial charge is 0.257 e. The monoisotopic (exact) mass is 389 g/mol. The Bertz CT molecular complexity index is 788. The van der Waals surface area contributed by atoms with E-state index in [-0.39, 0.29) is 12.0 Å². The molecular formula is C21H24ClNO4. The molecule has 3 rings (SSSR count). The molecular weight excluding hydrogens is 366 g/mol. The lowest BCUT2D eigenvalue weighted by Gasteiger charge is -2.32. The Morgan fingerprint density at radius 2 is 1.81 bits per heavy atom. The highest BCUT2D eigenvalue weighted by molar-refractivity contribution is 6.30. The number of halogens is 1. The highest BCUT2D eigenvalue weighted by atomic mass is 35.5. The van der Waals surface area contributed by atoms with Crippen molar-refractivity contribution in [3.8, 4) is 17.2 Å². The first-order chi connectivity index (χ1) is 13.1. The number of rotatable bonds is 6. The van der Waals surface area contributed by atoms with Gasteiger partial charge in [-0.1, -0.05) is 23.7 Å². The molecule has 1 heterocycles. The maximum atomic E-state index is 12.8. The average Bonchev–Trinajstić information content (AvgIpc) is 2.69. The summed E-state index contributed by atoms with van der Waals surface area (Å²) in [4.78, 5) is 14.7. The van der Waals surface area contributed by atoms with Crippen LogP contribution in [0.15, 0.2) is 42.5 Å². The number of benzene rings is 2. The van der Waals surface area contributed by atoms with Crippen molar-refractivity contribution >= 4 is 17.5 Å². The van der Waals surface area contributed by atoms with Gasteiger partial charge in [-0.2, -0.15) is 0 Å². The van der Waals surface area contributed by atoms with Crippen molar-refractivity contribution in [1.82, 2.24) is 4.90 Å². The van der Waals surface area contributed by atoms with Gasteiger partial charge in [0.1, 0.15) is 11.9 Å². The van der Waals surface area contributed by atoms with E-state index in [0.717, 1.165) is 24.3 Å². The van der Waals surface area contributed by atoms with Crippen molar-refractivity contribution in [2.24, 2.45) is 0 Å². The maximum absolute atomic E-state index is 12.8. The number of piperidine rings is 1. The normalized spacial score (nSPS) is 14.7. The average molecular weight is 390 g/mol. The number of ether oxygens (including phenoxy) is 3. The van der Waals surface area contributed by atoms with Crippen LogP contribution in [-0.4, -0.2) is 43.7 Å². The summed E-state index contributed by atoms with van der Waals surface area (Å²) in [5.41, 5.74) is 0.531. The van der Waals surface area contributed by atoms with Crippen LogP contribution in [0.4, 0.5) is 0 Å². The van der Waals surface area contributed by atoms with E-state index in [4.69, 9.17) is 25.8 Å². The number of nitrogens with zero attached hydrogens (tertiary/aromatic N) is 1. The molecule has 1 aliphatic rings. The molecule has 1 saturated heterocycles. The summed E-state index contributed by atoms with van der Waals surface area (Å²) in [6.45, 7) is 3.81. The van der Waals surface area contributed by atoms with E-state index < -0.39 is 0 Å². The van der Waals surface area contributed by atoms with Gasteiger partial charge in [-0.05, 0) is 37.3 Å². The molecule has 2 aromatic carbocycles. The Kier molecular flexibility index (Phi) is 6.45. The van der Waals surface area contributed by atoms with E-state index in [1.165, 1.54) is 0 Å². The van der Waals surface area contributed by atoms with Gasteiger partial charge < -0.3 is 19.1 Å². The SMILES string of the molecule is CCOc1ccccc1OC1CCN(C(=O)c2ccc(Cl)cc2OC)CC1. The topological polar surface area (TPSA) is 48.0 Å². The maximum Gasteiger partial charge on any atom is 0.257 e. The van der Waals surface area contributed by atoms with Crippen molar-refractivity contribution in [3.63, 3.8) is 0 Å². The first kappa shape index (κ1) is 19.4. The quantitative estimate of drug-likeness (QED) is 0.733. The minimum atomic E-state index is -0.0447. The van der Waals surface area contributed by atoms with Gasteiger partial charge in [-0.3, -0.25) is 4.79 Å². The van der Waals surface area contributed by atoms with Crippen molar-refractivity contribution in [1.29, 1.82) is 0 Å². The molecule has 0 N–H and O–H groups in total. The van der Waals surface area contributed by atoms with Crippen LogP contribution in [0.5, 0.6) is 17.2 Å². The number of likely N-dealkylation sites (tertiary alicyclic amines) is 1. The summed E-state index contributed by atoms with van der Waals surface area (Å²) >= 11 is 5.99. The van der Waals surface area contributed by atoms with Crippen LogP contribution < -0.4 is 14.2 Å². The van der Waals surface area contributed by atoms with E-state index in [9.17, 15) is 4.79 Å². The summed E-state index contributed by atoms with van der Waals surface area (Å²) in [5, 5.41) is 0.545. The Labute approximate surface area is 164 Å². The summed E-state index contributed by atoms with van der Waals surface area (Å²) in [6, 6.07) is 12.8. The van der Waals surface area contributed by atoms with E-state index in [0.29, 0.717) is 36.0 Å². The van der Waals surface area contributed by atoms with Crippen molar-refractivity contribution in [2.45, 2.75) is 25.9 Å². The summed E-state index contributed by atoms with van der Waals surface area (Å²) in [7, 11) is 1.54. The Balaban J connectivity index is 1.61. The standard InChI is InChI=1S/C21H24ClNO4/c1-3-26-18-6-4-5-7-19(18)27-16-10-12-23(13-11-16)21(24)17-9-8-15(22)14-20(17)25-2/h4-9,14,16H,3,10-13H2,1-2H3. The number of carbonyl (C=O) groups excluding carboxylic acids is 1. The molecule has 0 aliphatic carbocycles. The van der Waals surface area contributed by atoms with Crippen LogP contribution in [0, 0.1) is 0 Å². The first-order valence-corrected chi connectivity index (χ1v) is 9.51. The molecule has 0 atom stereocenters. The summed E-state index contributed by atoms with van der Waals surface area (Å²) in [5.74, 6) is 1.96. The Morgan fingerprint density at radius 1 is 1.11 bits per heavy atom. The van der Waals surface area contributed by atoms with Crippen LogP contribution in [0.25, 0.3) is 0 Å². The largest absolute Gasteiger partial charge is 0.496 e. The Hall–Kier alpha value is -2.40. The summed E-state index contributed by atoms with van der Waals surface area (Å²) in [6.07, 6.45) is 1.59. The van der Waals surface area contributed by atoms with Crippen LogP contribution in [0.2, 0.25) is 5.02 Å². The lowest BCUT2D eigenvalue weighted by molar-refractivity contribution is 0.0586. The molecule has 0 radical (unpaired) electrons. The molecule has 0 spiro atoms. The summed E-state index contributed by atoms with van der Waals surface area (Å²) < 4.78 is 17.0. The number of hydrogen-bond acceptors (Lipinski definition) is 4. The van der Waals surface area contributed by atoms with Gasteiger partial charge in [-0.15, -0.1) is 0 Å². The lowest BCUT2D eigenvalue weighted by atomic mass is 10.1. The minimum Gasteiger partial charge on any atom is -0.496 e. The fourth-order valence-electron chi connectivity index (χ4n) is 3.19. The van der Waals surface area contributed by atoms with E-state index in [1.54, 1.807) is 25.3 Å². The molecule has 1 amide bonds. The molecule has 0 saturated carbocycles. The highest BCUT2D eigenvalue weighted by Crippen LogP contribution is 2.30. The van der Waals surface area contributed by atoms with Gasteiger partial charge in [0.15, 0.2) is 11.5 Å². The van der Waals surface area contributed by atoms with Gasteiger partial charge in [0.2, 0.25) is 0 Å². The third-order valence-electron chi connectivity index (χ3n) is 4.57. The second-order valence-corrected chi connectivity index (χ2v) is 6.77. The van der Waals surface area contributed by atoms with Gasteiger partial charge in [0.25, 0.3) is 5.91 Å².